The lowest BCUT2D eigenvalue weighted by Crippen LogP contribution is -2.54. The van der Waals surface area contributed by atoms with Crippen LogP contribution in [0.1, 0.15) is 19.4 Å². The zero-order valence-electron chi connectivity index (χ0n) is 13.5. The number of rotatable bonds is 4. The second-order valence-electron chi connectivity index (χ2n) is 6.11. The highest BCUT2D eigenvalue weighted by Crippen LogP contribution is 2.20. The molecule has 1 atom stereocenters. The van der Waals surface area contributed by atoms with Gasteiger partial charge in [0.2, 0.25) is 5.91 Å². The Hall–Kier alpha value is -0.880. The number of carbonyl (C=O) groups is 1. The second-order valence-corrected chi connectivity index (χ2v) is 6.51. The van der Waals surface area contributed by atoms with Gasteiger partial charge in [-0.1, -0.05) is 31.5 Å². The molecule has 0 unspecified atom stereocenters. The molecular formula is C16H24Cl2FN3O. The quantitative estimate of drug-likeness (QED) is 0.893. The summed E-state index contributed by atoms with van der Waals surface area (Å²) < 4.78 is 13.1. The third-order valence-electron chi connectivity index (χ3n) is 4.10. The van der Waals surface area contributed by atoms with E-state index in [0.29, 0.717) is 24.7 Å². The van der Waals surface area contributed by atoms with Gasteiger partial charge in [0.1, 0.15) is 5.82 Å². The fourth-order valence-corrected chi connectivity index (χ4v) is 2.74. The molecule has 1 aromatic carbocycles. The average molecular weight is 364 g/mol. The smallest absolute Gasteiger partial charge is 0.239 e. The zero-order valence-corrected chi connectivity index (χ0v) is 15.0. The molecule has 1 aliphatic rings. The minimum absolute atomic E-state index is 0. The minimum atomic E-state index is -0.432. The van der Waals surface area contributed by atoms with Crippen molar-refractivity contribution >= 4 is 29.9 Å². The van der Waals surface area contributed by atoms with Crippen LogP contribution in [0.3, 0.4) is 0 Å². The van der Waals surface area contributed by atoms with Gasteiger partial charge in [-0.05, 0) is 23.6 Å². The monoisotopic (exact) mass is 363 g/mol. The van der Waals surface area contributed by atoms with Crippen LogP contribution in [0.4, 0.5) is 4.39 Å². The Kier molecular flexibility index (Phi) is 7.74. The van der Waals surface area contributed by atoms with Crippen molar-refractivity contribution in [3.8, 4) is 0 Å². The summed E-state index contributed by atoms with van der Waals surface area (Å²) in [5, 5.41) is 0.445. The van der Waals surface area contributed by atoms with Crippen molar-refractivity contribution in [2.24, 2.45) is 11.7 Å². The van der Waals surface area contributed by atoms with Crippen LogP contribution in [0.5, 0.6) is 0 Å². The highest BCUT2D eigenvalue weighted by Gasteiger charge is 2.26. The summed E-state index contributed by atoms with van der Waals surface area (Å²) in [5.41, 5.74) is 6.83. The molecule has 0 spiro atoms. The highest BCUT2D eigenvalue weighted by molar-refractivity contribution is 6.31. The van der Waals surface area contributed by atoms with Crippen LogP contribution in [-0.2, 0) is 11.3 Å². The van der Waals surface area contributed by atoms with Gasteiger partial charge in [-0.3, -0.25) is 9.69 Å². The molecule has 23 heavy (non-hydrogen) atoms. The Morgan fingerprint density at radius 2 is 1.91 bits per heavy atom. The van der Waals surface area contributed by atoms with Crippen LogP contribution >= 0.6 is 24.0 Å². The maximum absolute atomic E-state index is 13.1. The number of piperazine rings is 1. The number of benzene rings is 1. The van der Waals surface area contributed by atoms with Gasteiger partial charge >= 0.3 is 0 Å². The zero-order chi connectivity index (χ0) is 16.3. The molecule has 7 heteroatoms. The van der Waals surface area contributed by atoms with Crippen molar-refractivity contribution in [1.82, 2.24) is 9.80 Å². The van der Waals surface area contributed by atoms with E-state index in [2.05, 4.69) is 4.90 Å². The summed E-state index contributed by atoms with van der Waals surface area (Å²) in [5.74, 6) is -0.162. The number of carbonyl (C=O) groups excluding carboxylic acids is 1. The van der Waals surface area contributed by atoms with Crippen LogP contribution in [0, 0.1) is 11.7 Å². The van der Waals surface area contributed by atoms with Crippen molar-refractivity contribution in [2.45, 2.75) is 26.4 Å². The van der Waals surface area contributed by atoms with E-state index in [-0.39, 0.29) is 30.0 Å². The summed E-state index contributed by atoms with van der Waals surface area (Å²) in [4.78, 5) is 16.3. The molecule has 0 aromatic heterocycles. The predicted molar refractivity (Wildman–Crippen MR) is 93.3 cm³/mol. The molecule has 0 radical (unpaired) electrons. The molecule has 2 N–H and O–H groups in total. The number of hydrogen-bond acceptors (Lipinski definition) is 3. The molecule has 1 saturated heterocycles. The normalized spacial score (nSPS) is 17.0. The van der Waals surface area contributed by atoms with E-state index >= 15 is 0 Å². The van der Waals surface area contributed by atoms with Crippen molar-refractivity contribution in [1.29, 1.82) is 0 Å². The Labute approximate surface area is 148 Å². The van der Waals surface area contributed by atoms with Crippen LogP contribution in [-0.4, -0.2) is 47.9 Å². The molecule has 4 nitrogen and oxygen atoms in total. The molecular weight excluding hydrogens is 340 g/mol. The molecule has 0 saturated carbocycles. The van der Waals surface area contributed by atoms with Crippen LogP contribution < -0.4 is 5.73 Å². The van der Waals surface area contributed by atoms with E-state index < -0.39 is 6.04 Å². The van der Waals surface area contributed by atoms with Gasteiger partial charge < -0.3 is 10.6 Å². The standard InChI is InChI=1S/C16H23ClFN3O.ClH/c1-11(2)15(19)16(22)21-7-5-20(6-8-21)10-12-3-4-13(18)9-14(12)17;/h3-4,9,11,15H,5-8,10,19H2,1-2H3;1H/t15-;/m0./s1. The van der Waals surface area contributed by atoms with Crippen molar-refractivity contribution in [3.63, 3.8) is 0 Å². The van der Waals surface area contributed by atoms with E-state index in [1.165, 1.54) is 12.1 Å². The Morgan fingerprint density at radius 1 is 1.30 bits per heavy atom. The van der Waals surface area contributed by atoms with Gasteiger partial charge in [0.15, 0.2) is 0 Å². The van der Waals surface area contributed by atoms with Gasteiger partial charge in [0, 0.05) is 37.7 Å². The van der Waals surface area contributed by atoms with Gasteiger partial charge in [-0.2, -0.15) is 0 Å². The summed E-state index contributed by atoms with van der Waals surface area (Å²) >= 11 is 6.06. The first-order valence-corrected chi connectivity index (χ1v) is 7.97. The SMILES string of the molecule is CC(C)[C@H](N)C(=O)N1CCN(Cc2ccc(F)cc2Cl)CC1.Cl. The van der Waals surface area contributed by atoms with Crippen LogP contribution in [0.25, 0.3) is 0 Å². The Morgan fingerprint density at radius 3 is 2.43 bits per heavy atom. The van der Waals surface area contributed by atoms with Crippen LogP contribution in [0.2, 0.25) is 5.02 Å². The summed E-state index contributed by atoms with van der Waals surface area (Å²) in [6, 6.07) is 4.03. The van der Waals surface area contributed by atoms with Gasteiger partial charge in [-0.15, -0.1) is 12.4 Å². The first-order chi connectivity index (χ1) is 10.4. The third-order valence-corrected chi connectivity index (χ3v) is 4.45. The van der Waals surface area contributed by atoms with E-state index in [4.69, 9.17) is 17.3 Å². The maximum Gasteiger partial charge on any atom is 0.239 e. The lowest BCUT2D eigenvalue weighted by atomic mass is 10.0. The van der Waals surface area contributed by atoms with E-state index in [1.807, 2.05) is 18.7 Å². The first kappa shape index (κ1) is 20.2. The molecule has 1 aromatic rings. The van der Waals surface area contributed by atoms with E-state index in [9.17, 15) is 9.18 Å². The molecule has 1 fully saturated rings. The molecule has 130 valence electrons. The van der Waals surface area contributed by atoms with Crippen molar-refractivity contribution < 1.29 is 9.18 Å². The van der Waals surface area contributed by atoms with Gasteiger partial charge in [0.05, 0.1) is 6.04 Å². The first-order valence-electron chi connectivity index (χ1n) is 7.59. The Balaban J connectivity index is 0.00000264. The number of amides is 1. The van der Waals surface area contributed by atoms with Crippen molar-refractivity contribution in [3.05, 3.63) is 34.6 Å². The molecule has 1 heterocycles. The molecule has 0 bridgehead atoms. The number of nitrogens with zero attached hydrogens (tertiary/aromatic N) is 2. The van der Waals surface area contributed by atoms with Crippen LogP contribution in [0.15, 0.2) is 18.2 Å². The van der Waals surface area contributed by atoms with Gasteiger partial charge in [0.25, 0.3) is 0 Å². The molecule has 1 aliphatic heterocycles. The maximum atomic E-state index is 13.1. The number of nitrogens with two attached hydrogens (primary N) is 1. The molecule has 0 aliphatic carbocycles. The largest absolute Gasteiger partial charge is 0.339 e. The summed E-state index contributed by atoms with van der Waals surface area (Å²) in [6.45, 7) is 7.44. The third kappa shape index (κ3) is 5.31. The highest BCUT2D eigenvalue weighted by atomic mass is 35.5. The predicted octanol–water partition coefficient (Wildman–Crippen LogP) is 2.53. The summed E-state index contributed by atoms with van der Waals surface area (Å²) in [6.07, 6.45) is 0. The Bertz CT molecular complexity index is 534. The topological polar surface area (TPSA) is 49.6 Å². The number of halogens is 3. The number of hydrogen-bond donors (Lipinski definition) is 1. The lowest BCUT2D eigenvalue weighted by molar-refractivity contribution is -0.135. The summed E-state index contributed by atoms with van der Waals surface area (Å²) in [7, 11) is 0. The minimum Gasteiger partial charge on any atom is -0.339 e. The lowest BCUT2D eigenvalue weighted by Gasteiger charge is -2.36. The molecule has 2 rings (SSSR count). The van der Waals surface area contributed by atoms with E-state index in [1.54, 1.807) is 6.07 Å². The van der Waals surface area contributed by atoms with Gasteiger partial charge in [-0.25, -0.2) is 4.39 Å². The second kappa shape index (κ2) is 8.83. The molecule has 1 amide bonds. The average Bonchev–Trinajstić information content (AvgIpc) is 2.49. The fraction of sp³-hybridized carbons (Fsp3) is 0.562. The fourth-order valence-electron chi connectivity index (χ4n) is 2.51. The van der Waals surface area contributed by atoms with Crippen molar-refractivity contribution in [2.75, 3.05) is 26.2 Å². The van der Waals surface area contributed by atoms with E-state index in [0.717, 1.165) is 18.7 Å².